The first-order valence-electron chi connectivity index (χ1n) is 6.47. The summed E-state index contributed by atoms with van der Waals surface area (Å²) in [5.74, 6) is 0. The van der Waals surface area contributed by atoms with Gasteiger partial charge in [0.1, 0.15) is 0 Å². The van der Waals surface area contributed by atoms with Gasteiger partial charge in [-0.3, -0.25) is 0 Å². The van der Waals surface area contributed by atoms with E-state index in [9.17, 15) is 0 Å². The third-order valence-electron chi connectivity index (χ3n) is 3.59. The lowest BCUT2D eigenvalue weighted by Crippen LogP contribution is -2.23. The van der Waals surface area contributed by atoms with Gasteiger partial charge >= 0.3 is 0 Å². The minimum Gasteiger partial charge on any atom is -0.306 e. The van der Waals surface area contributed by atoms with Gasteiger partial charge < -0.3 is 5.32 Å². The Kier molecular flexibility index (Phi) is 4.13. The van der Waals surface area contributed by atoms with Crippen molar-refractivity contribution in [2.24, 2.45) is 0 Å². The van der Waals surface area contributed by atoms with Gasteiger partial charge in [-0.15, -0.1) is 11.3 Å². The van der Waals surface area contributed by atoms with Crippen molar-refractivity contribution in [1.29, 1.82) is 0 Å². The molecule has 0 aliphatic heterocycles. The summed E-state index contributed by atoms with van der Waals surface area (Å²) in [6, 6.07) is 8.56. The third-order valence-corrected chi connectivity index (χ3v) is 5.32. The van der Waals surface area contributed by atoms with Gasteiger partial charge in [-0.1, -0.05) is 29.3 Å². The van der Waals surface area contributed by atoms with Crippen LogP contribution in [0.25, 0.3) is 0 Å². The molecule has 1 aliphatic rings. The minimum absolute atomic E-state index is 0.476. The number of hydrogen-bond acceptors (Lipinski definition) is 2. The van der Waals surface area contributed by atoms with Gasteiger partial charge in [0, 0.05) is 17.5 Å². The summed E-state index contributed by atoms with van der Waals surface area (Å²) in [6.07, 6.45) is 3.72. The predicted octanol–water partition coefficient (Wildman–Crippen LogP) is 5.22. The molecule has 100 valence electrons. The quantitative estimate of drug-likeness (QED) is 0.819. The molecule has 1 aromatic carbocycles. The number of benzene rings is 1. The molecular weight excluding hydrogens is 297 g/mol. The molecule has 4 heteroatoms. The van der Waals surface area contributed by atoms with Crippen molar-refractivity contribution in [3.63, 3.8) is 0 Å². The van der Waals surface area contributed by atoms with Crippen molar-refractivity contribution in [2.45, 2.75) is 31.8 Å². The Morgan fingerprint density at radius 3 is 2.95 bits per heavy atom. The molecule has 0 radical (unpaired) electrons. The number of rotatable bonds is 3. The zero-order valence-corrected chi connectivity index (χ0v) is 12.8. The van der Waals surface area contributed by atoms with Crippen molar-refractivity contribution in [3.8, 4) is 0 Å². The summed E-state index contributed by atoms with van der Waals surface area (Å²) in [5, 5.41) is 7.07. The maximum absolute atomic E-state index is 6.04. The molecule has 2 aromatic rings. The summed E-state index contributed by atoms with van der Waals surface area (Å²) in [5.41, 5.74) is 2.66. The van der Waals surface area contributed by atoms with Crippen LogP contribution in [-0.4, -0.2) is 0 Å². The smallest absolute Gasteiger partial charge is 0.0595 e. The molecule has 0 amide bonds. The fourth-order valence-corrected chi connectivity index (χ4v) is 3.90. The average molecular weight is 312 g/mol. The van der Waals surface area contributed by atoms with Crippen molar-refractivity contribution in [2.75, 3.05) is 0 Å². The van der Waals surface area contributed by atoms with Crippen LogP contribution in [0.15, 0.2) is 29.6 Å². The lowest BCUT2D eigenvalue weighted by molar-refractivity contribution is 0.463. The van der Waals surface area contributed by atoms with E-state index in [0.29, 0.717) is 16.1 Å². The summed E-state index contributed by atoms with van der Waals surface area (Å²) < 4.78 is 0. The number of nitrogens with one attached hydrogen (secondary N) is 1. The van der Waals surface area contributed by atoms with Gasteiger partial charge in [-0.2, -0.15) is 0 Å². The highest BCUT2D eigenvalue weighted by molar-refractivity contribution is 7.10. The molecule has 1 unspecified atom stereocenters. The highest BCUT2D eigenvalue weighted by Crippen LogP contribution is 2.33. The monoisotopic (exact) mass is 311 g/mol. The van der Waals surface area contributed by atoms with Crippen LogP contribution in [-0.2, 0) is 13.0 Å². The molecule has 1 nitrogen and oxygen atoms in total. The van der Waals surface area contributed by atoms with Crippen LogP contribution >= 0.6 is 34.5 Å². The van der Waals surface area contributed by atoms with Crippen LogP contribution < -0.4 is 5.32 Å². The second-order valence-corrected chi connectivity index (χ2v) is 6.69. The molecular formula is C15H15Cl2NS. The van der Waals surface area contributed by atoms with E-state index in [1.165, 1.54) is 35.3 Å². The second kappa shape index (κ2) is 5.84. The first kappa shape index (κ1) is 13.4. The lowest BCUT2D eigenvalue weighted by atomic mass is 9.94. The lowest BCUT2D eigenvalue weighted by Gasteiger charge is -2.24. The Morgan fingerprint density at radius 1 is 1.21 bits per heavy atom. The van der Waals surface area contributed by atoms with Gasteiger partial charge in [-0.05, 0) is 54.0 Å². The zero-order valence-electron chi connectivity index (χ0n) is 10.5. The van der Waals surface area contributed by atoms with Gasteiger partial charge in [0.2, 0.25) is 0 Å². The van der Waals surface area contributed by atoms with E-state index in [1.54, 1.807) is 0 Å². The molecule has 0 spiro atoms. The normalized spacial score (nSPS) is 18.3. The van der Waals surface area contributed by atoms with Crippen LogP contribution in [0.2, 0.25) is 10.0 Å². The first-order valence-corrected chi connectivity index (χ1v) is 8.11. The van der Waals surface area contributed by atoms with E-state index in [0.717, 1.165) is 6.54 Å². The Morgan fingerprint density at radius 2 is 2.11 bits per heavy atom. The highest BCUT2D eigenvalue weighted by atomic mass is 35.5. The highest BCUT2D eigenvalue weighted by Gasteiger charge is 2.20. The second-order valence-electron chi connectivity index (χ2n) is 4.87. The molecule has 3 rings (SSSR count). The SMILES string of the molecule is Clc1ccc(CNC2CCCc3sccc32)cc1Cl. The Balaban J connectivity index is 1.69. The average Bonchev–Trinajstić information content (AvgIpc) is 2.89. The number of hydrogen-bond donors (Lipinski definition) is 1. The van der Waals surface area contributed by atoms with Gasteiger partial charge in [0.05, 0.1) is 10.0 Å². The number of aryl methyl sites for hydroxylation is 1. The Hall–Kier alpha value is -0.540. The molecule has 1 atom stereocenters. The summed E-state index contributed by atoms with van der Waals surface area (Å²) >= 11 is 13.8. The van der Waals surface area contributed by atoms with E-state index in [-0.39, 0.29) is 0 Å². The molecule has 1 heterocycles. The summed E-state index contributed by atoms with van der Waals surface area (Å²) in [6.45, 7) is 0.830. The Bertz CT molecular complexity index is 579. The van der Waals surface area contributed by atoms with Crippen molar-refractivity contribution < 1.29 is 0 Å². The fraction of sp³-hybridized carbons (Fsp3) is 0.333. The summed E-state index contributed by atoms with van der Waals surface area (Å²) in [4.78, 5) is 1.54. The van der Waals surface area contributed by atoms with Crippen molar-refractivity contribution in [1.82, 2.24) is 5.32 Å². The topological polar surface area (TPSA) is 12.0 Å². The maximum Gasteiger partial charge on any atom is 0.0595 e. The number of halogens is 2. The molecule has 1 aliphatic carbocycles. The third kappa shape index (κ3) is 2.97. The molecule has 1 N–H and O–H groups in total. The van der Waals surface area contributed by atoms with E-state index < -0.39 is 0 Å². The fourth-order valence-electron chi connectivity index (χ4n) is 2.59. The van der Waals surface area contributed by atoms with Gasteiger partial charge in [0.25, 0.3) is 0 Å². The van der Waals surface area contributed by atoms with E-state index >= 15 is 0 Å². The first-order chi connectivity index (χ1) is 9.24. The number of fused-ring (bicyclic) bond motifs is 1. The van der Waals surface area contributed by atoms with Crippen LogP contribution in [0, 0.1) is 0 Å². The minimum atomic E-state index is 0.476. The largest absolute Gasteiger partial charge is 0.306 e. The predicted molar refractivity (Wildman–Crippen MR) is 83.3 cm³/mol. The van der Waals surface area contributed by atoms with E-state index in [2.05, 4.69) is 16.8 Å². The molecule has 0 saturated heterocycles. The van der Waals surface area contributed by atoms with Gasteiger partial charge in [-0.25, -0.2) is 0 Å². The summed E-state index contributed by atoms with van der Waals surface area (Å²) in [7, 11) is 0. The van der Waals surface area contributed by atoms with Crippen molar-refractivity contribution in [3.05, 3.63) is 55.7 Å². The van der Waals surface area contributed by atoms with Crippen LogP contribution in [0.5, 0.6) is 0 Å². The molecule has 0 fully saturated rings. The van der Waals surface area contributed by atoms with Crippen molar-refractivity contribution >= 4 is 34.5 Å². The molecule has 19 heavy (non-hydrogen) atoms. The van der Waals surface area contributed by atoms with Crippen LogP contribution in [0.1, 0.15) is 34.9 Å². The Labute approximate surface area is 127 Å². The van der Waals surface area contributed by atoms with Crippen LogP contribution in [0.3, 0.4) is 0 Å². The zero-order chi connectivity index (χ0) is 13.2. The van der Waals surface area contributed by atoms with Gasteiger partial charge in [0.15, 0.2) is 0 Å². The number of thiophene rings is 1. The maximum atomic E-state index is 6.04. The molecule has 1 aromatic heterocycles. The standard InChI is InChI=1S/C15H15Cl2NS/c16-12-5-4-10(8-13(12)17)9-18-14-2-1-3-15-11(14)6-7-19-15/h4-8,14,18H,1-3,9H2. The van der Waals surface area contributed by atoms with E-state index in [4.69, 9.17) is 23.2 Å². The van der Waals surface area contributed by atoms with E-state index in [1.807, 2.05) is 29.5 Å². The molecule has 0 bridgehead atoms. The molecule has 0 saturated carbocycles. The van der Waals surface area contributed by atoms with Crippen LogP contribution in [0.4, 0.5) is 0 Å².